The molecule has 0 aliphatic heterocycles. The summed E-state index contributed by atoms with van der Waals surface area (Å²) in [7, 11) is 1.86. The quantitative estimate of drug-likeness (QED) is 0.712. The molecular weight excluding hydrogens is 184 g/mol. The fourth-order valence-electron chi connectivity index (χ4n) is 1.03. The van der Waals surface area contributed by atoms with Crippen molar-refractivity contribution >= 4 is 17.6 Å². The highest BCUT2D eigenvalue weighted by atomic mass is 32.2. The lowest BCUT2D eigenvalue weighted by atomic mass is 10.3. The first-order chi connectivity index (χ1) is 6.27. The minimum atomic E-state index is 0.726. The molecule has 1 aromatic rings. The molecule has 0 saturated carbocycles. The Kier molecular flexibility index (Phi) is 4.18. The lowest BCUT2D eigenvalue weighted by molar-refractivity contribution is 0.542. The van der Waals surface area contributed by atoms with Crippen LogP contribution in [0.5, 0.6) is 0 Å². The smallest absolute Gasteiger partial charge is 0.193 e. The molecule has 1 aromatic heterocycles. The predicted molar refractivity (Wildman–Crippen MR) is 58.2 cm³/mol. The first-order valence-electron chi connectivity index (χ1n) is 4.32. The molecule has 3 N–H and O–H groups in total. The number of nitrogens with two attached hydrogens (primary N) is 1. The Morgan fingerprint density at radius 3 is 2.92 bits per heavy atom. The van der Waals surface area contributed by atoms with E-state index in [0.29, 0.717) is 0 Å². The normalized spacial score (nSPS) is 10.4. The molecule has 0 bridgehead atoms. The van der Waals surface area contributed by atoms with Crippen LogP contribution in [0.3, 0.4) is 0 Å². The van der Waals surface area contributed by atoms with Gasteiger partial charge in [0.1, 0.15) is 5.76 Å². The number of nitrogens with one attached hydrogen (secondary N) is 1. The van der Waals surface area contributed by atoms with Crippen molar-refractivity contribution < 1.29 is 4.42 Å². The maximum atomic E-state index is 5.54. The van der Waals surface area contributed by atoms with Crippen LogP contribution in [0.4, 0.5) is 5.88 Å². The monoisotopic (exact) mass is 200 g/mol. The van der Waals surface area contributed by atoms with Crippen LogP contribution in [-0.2, 0) is 5.75 Å². The maximum absolute atomic E-state index is 5.54. The van der Waals surface area contributed by atoms with E-state index in [9.17, 15) is 0 Å². The zero-order chi connectivity index (χ0) is 9.68. The minimum Gasteiger partial charge on any atom is -0.445 e. The van der Waals surface area contributed by atoms with E-state index < -0.39 is 0 Å². The summed E-state index contributed by atoms with van der Waals surface area (Å²) < 4.78 is 5.54. The first-order valence-corrected chi connectivity index (χ1v) is 5.48. The number of rotatable bonds is 5. The molecule has 0 aliphatic rings. The molecule has 0 aromatic carbocycles. The van der Waals surface area contributed by atoms with E-state index in [0.717, 1.165) is 29.7 Å². The third kappa shape index (κ3) is 2.97. The van der Waals surface area contributed by atoms with Crippen molar-refractivity contribution in [3.05, 3.63) is 17.4 Å². The van der Waals surface area contributed by atoms with Gasteiger partial charge in [-0.3, -0.25) is 0 Å². The highest BCUT2D eigenvalue weighted by Crippen LogP contribution is 2.22. The summed E-state index contributed by atoms with van der Waals surface area (Å²) in [5, 5.41) is 2.98. The van der Waals surface area contributed by atoms with Crippen LogP contribution in [0.1, 0.15) is 11.3 Å². The predicted octanol–water partition coefficient (Wildman–Crippen LogP) is 1.82. The van der Waals surface area contributed by atoms with Crippen LogP contribution in [0.15, 0.2) is 10.5 Å². The number of hydrogen-bond donors (Lipinski definition) is 2. The summed E-state index contributed by atoms with van der Waals surface area (Å²) in [6, 6.07) is 2.01. The van der Waals surface area contributed by atoms with E-state index in [-0.39, 0.29) is 0 Å². The summed E-state index contributed by atoms with van der Waals surface area (Å²) in [5.41, 5.74) is 6.60. The SMILES string of the molecule is CNc1cc(C)c(CSCCN)o1. The Balaban J connectivity index is 2.50. The Morgan fingerprint density at radius 2 is 2.38 bits per heavy atom. The highest BCUT2D eigenvalue weighted by molar-refractivity contribution is 7.98. The van der Waals surface area contributed by atoms with Gasteiger partial charge >= 0.3 is 0 Å². The number of aryl methyl sites for hydroxylation is 1. The van der Waals surface area contributed by atoms with E-state index in [1.54, 1.807) is 11.8 Å². The van der Waals surface area contributed by atoms with Gasteiger partial charge in [0.05, 0.1) is 5.75 Å². The molecule has 0 spiro atoms. The van der Waals surface area contributed by atoms with Crippen molar-refractivity contribution in [2.24, 2.45) is 5.73 Å². The fraction of sp³-hybridized carbons (Fsp3) is 0.556. The zero-order valence-electron chi connectivity index (χ0n) is 8.09. The Bertz CT molecular complexity index is 260. The van der Waals surface area contributed by atoms with Crippen LogP contribution in [0.25, 0.3) is 0 Å². The molecule has 0 fully saturated rings. The Hall–Kier alpha value is -0.610. The molecule has 1 rings (SSSR count). The highest BCUT2D eigenvalue weighted by Gasteiger charge is 2.05. The van der Waals surface area contributed by atoms with Crippen molar-refractivity contribution in [2.45, 2.75) is 12.7 Å². The number of furan rings is 1. The molecule has 74 valence electrons. The molecule has 0 unspecified atom stereocenters. The average Bonchev–Trinajstić information content (AvgIpc) is 2.48. The molecule has 1 heterocycles. The van der Waals surface area contributed by atoms with E-state index in [1.165, 1.54) is 5.56 Å². The number of thioether (sulfide) groups is 1. The number of hydrogen-bond acceptors (Lipinski definition) is 4. The van der Waals surface area contributed by atoms with Gasteiger partial charge in [0.2, 0.25) is 0 Å². The summed E-state index contributed by atoms with van der Waals surface area (Å²) in [5.74, 6) is 3.77. The lowest BCUT2D eigenvalue weighted by Gasteiger charge is -1.97. The van der Waals surface area contributed by atoms with Crippen LogP contribution < -0.4 is 11.1 Å². The standard InChI is InChI=1S/C9H16N2OS/c1-7-5-9(11-2)12-8(7)6-13-4-3-10/h5,11H,3-4,6,10H2,1-2H3. The molecule has 0 saturated heterocycles. The van der Waals surface area contributed by atoms with Crippen molar-refractivity contribution in [1.82, 2.24) is 0 Å². The summed E-state index contributed by atoms with van der Waals surface area (Å²) >= 11 is 1.80. The average molecular weight is 200 g/mol. The zero-order valence-corrected chi connectivity index (χ0v) is 8.91. The Morgan fingerprint density at radius 1 is 1.62 bits per heavy atom. The third-order valence-electron chi connectivity index (χ3n) is 1.76. The van der Waals surface area contributed by atoms with E-state index in [4.69, 9.17) is 10.2 Å². The maximum Gasteiger partial charge on any atom is 0.193 e. The van der Waals surface area contributed by atoms with Crippen LogP contribution in [0.2, 0.25) is 0 Å². The molecule has 3 nitrogen and oxygen atoms in total. The van der Waals surface area contributed by atoms with Crippen LogP contribution in [-0.4, -0.2) is 19.3 Å². The van der Waals surface area contributed by atoms with E-state index >= 15 is 0 Å². The second-order valence-corrected chi connectivity index (χ2v) is 3.91. The van der Waals surface area contributed by atoms with Gasteiger partial charge < -0.3 is 15.5 Å². The summed E-state index contributed by atoms with van der Waals surface area (Å²) in [6.07, 6.45) is 0. The second kappa shape index (κ2) is 5.19. The molecule has 0 atom stereocenters. The van der Waals surface area contributed by atoms with Gasteiger partial charge in [0, 0.05) is 25.4 Å². The fourth-order valence-corrected chi connectivity index (χ4v) is 1.82. The third-order valence-corrected chi connectivity index (χ3v) is 2.75. The van der Waals surface area contributed by atoms with Crippen molar-refractivity contribution in [3.63, 3.8) is 0 Å². The van der Waals surface area contributed by atoms with Gasteiger partial charge in [0.15, 0.2) is 5.88 Å². The molecule has 13 heavy (non-hydrogen) atoms. The second-order valence-electron chi connectivity index (χ2n) is 2.81. The number of anilines is 1. The van der Waals surface area contributed by atoms with Crippen molar-refractivity contribution in [3.8, 4) is 0 Å². The van der Waals surface area contributed by atoms with Gasteiger partial charge in [-0.25, -0.2) is 0 Å². The van der Waals surface area contributed by atoms with Crippen LogP contribution >= 0.6 is 11.8 Å². The largest absolute Gasteiger partial charge is 0.445 e. The van der Waals surface area contributed by atoms with E-state index in [2.05, 4.69) is 12.2 Å². The van der Waals surface area contributed by atoms with Gasteiger partial charge in [-0.2, -0.15) is 11.8 Å². The van der Waals surface area contributed by atoms with Crippen molar-refractivity contribution in [2.75, 3.05) is 24.7 Å². The molecule has 0 radical (unpaired) electrons. The minimum absolute atomic E-state index is 0.726. The lowest BCUT2D eigenvalue weighted by Crippen LogP contribution is -2.01. The molecular formula is C9H16N2OS. The van der Waals surface area contributed by atoms with Gasteiger partial charge in [-0.05, 0) is 12.5 Å². The topological polar surface area (TPSA) is 51.2 Å². The van der Waals surface area contributed by atoms with E-state index in [1.807, 2.05) is 13.1 Å². The first kappa shape index (κ1) is 10.5. The van der Waals surface area contributed by atoms with Crippen LogP contribution in [0, 0.1) is 6.92 Å². The molecule has 0 amide bonds. The van der Waals surface area contributed by atoms with Gasteiger partial charge in [0.25, 0.3) is 0 Å². The van der Waals surface area contributed by atoms with Gasteiger partial charge in [-0.15, -0.1) is 0 Å². The Labute approximate surface area is 83.1 Å². The van der Waals surface area contributed by atoms with Crippen molar-refractivity contribution in [1.29, 1.82) is 0 Å². The van der Waals surface area contributed by atoms with Gasteiger partial charge in [-0.1, -0.05) is 0 Å². The summed E-state index contributed by atoms with van der Waals surface area (Å²) in [4.78, 5) is 0. The molecule has 4 heteroatoms. The summed E-state index contributed by atoms with van der Waals surface area (Å²) in [6.45, 7) is 2.78. The molecule has 0 aliphatic carbocycles.